The van der Waals surface area contributed by atoms with Gasteiger partial charge >= 0.3 is 10.8 Å². The van der Waals surface area contributed by atoms with Crippen LogP contribution in [0.4, 0.5) is 0 Å². The van der Waals surface area contributed by atoms with E-state index in [1.807, 2.05) is 31.2 Å². The van der Waals surface area contributed by atoms with Crippen LogP contribution in [-0.2, 0) is 6.54 Å². The topological polar surface area (TPSA) is 68.5 Å². The van der Waals surface area contributed by atoms with Gasteiger partial charge in [0.25, 0.3) is 0 Å². The van der Waals surface area contributed by atoms with Gasteiger partial charge in [0.2, 0.25) is 0 Å². The molecular formula is C14H15NO4S. The summed E-state index contributed by atoms with van der Waals surface area (Å²) in [7, 11) is 0. The van der Waals surface area contributed by atoms with Gasteiger partial charge in [-0.1, -0.05) is 23.5 Å². The van der Waals surface area contributed by atoms with Gasteiger partial charge in [0.1, 0.15) is 17.2 Å². The van der Waals surface area contributed by atoms with Crippen LogP contribution in [0.2, 0.25) is 0 Å². The molecule has 1 N–H and O–H groups in total. The van der Waals surface area contributed by atoms with Crippen LogP contribution in [0.1, 0.15) is 20.9 Å². The Kier molecular flexibility index (Phi) is 4.24. The lowest BCUT2D eigenvalue weighted by atomic mass is 10.2. The van der Waals surface area contributed by atoms with E-state index in [1.165, 1.54) is 4.57 Å². The molecule has 106 valence electrons. The summed E-state index contributed by atoms with van der Waals surface area (Å²) in [4.78, 5) is 22.5. The van der Waals surface area contributed by atoms with Crippen LogP contribution in [0, 0.1) is 13.8 Å². The molecular weight excluding hydrogens is 278 g/mol. The second kappa shape index (κ2) is 5.92. The maximum absolute atomic E-state index is 11.7. The Bertz CT molecular complexity index is 687. The predicted molar refractivity (Wildman–Crippen MR) is 76.9 cm³/mol. The second-order valence-corrected chi connectivity index (χ2v) is 5.37. The highest BCUT2D eigenvalue weighted by atomic mass is 32.1. The first-order valence-electron chi connectivity index (χ1n) is 6.12. The first-order chi connectivity index (χ1) is 9.49. The third kappa shape index (κ3) is 3.08. The van der Waals surface area contributed by atoms with Gasteiger partial charge < -0.3 is 9.84 Å². The zero-order chi connectivity index (χ0) is 14.7. The van der Waals surface area contributed by atoms with Crippen LogP contribution in [0.25, 0.3) is 0 Å². The Hall–Kier alpha value is -2.08. The minimum absolute atomic E-state index is 0.0885. The number of hydrogen-bond acceptors (Lipinski definition) is 4. The average Bonchev–Trinajstić information content (AvgIpc) is 2.67. The van der Waals surface area contributed by atoms with Crippen molar-refractivity contribution < 1.29 is 14.6 Å². The molecule has 20 heavy (non-hydrogen) atoms. The summed E-state index contributed by atoms with van der Waals surface area (Å²) >= 11 is 0.750. The summed E-state index contributed by atoms with van der Waals surface area (Å²) in [6, 6.07) is 7.62. The second-order valence-electron chi connectivity index (χ2n) is 4.40. The lowest BCUT2D eigenvalue weighted by Crippen LogP contribution is -2.19. The molecule has 0 unspecified atom stereocenters. The Balaban J connectivity index is 2.05. The lowest BCUT2D eigenvalue weighted by molar-refractivity contribution is 0.0700. The highest BCUT2D eigenvalue weighted by Gasteiger charge is 2.16. The van der Waals surface area contributed by atoms with Crippen molar-refractivity contribution in [3.63, 3.8) is 0 Å². The molecule has 5 nitrogen and oxygen atoms in total. The number of nitrogens with zero attached hydrogens (tertiary/aromatic N) is 1. The van der Waals surface area contributed by atoms with Gasteiger partial charge in [-0.2, -0.15) is 0 Å². The highest BCUT2D eigenvalue weighted by Crippen LogP contribution is 2.14. The molecule has 0 aliphatic heterocycles. The van der Waals surface area contributed by atoms with Crippen LogP contribution in [0.5, 0.6) is 5.75 Å². The molecule has 2 rings (SSSR count). The maximum Gasteiger partial charge on any atom is 0.347 e. The molecule has 0 radical (unpaired) electrons. The minimum atomic E-state index is -1.07. The van der Waals surface area contributed by atoms with Gasteiger partial charge in [0, 0.05) is 5.69 Å². The summed E-state index contributed by atoms with van der Waals surface area (Å²) in [5.74, 6) is -0.327. The van der Waals surface area contributed by atoms with Crippen molar-refractivity contribution in [1.29, 1.82) is 0 Å². The Morgan fingerprint density at radius 2 is 2.15 bits per heavy atom. The van der Waals surface area contributed by atoms with Crippen LogP contribution in [-0.4, -0.2) is 22.2 Å². The zero-order valence-electron chi connectivity index (χ0n) is 11.3. The molecule has 2 aromatic rings. The SMILES string of the molecule is Cc1cccc(OCCn2c(C)c(C(=O)O)sc2=O)c1. The van der Waals surface area contributed by atoms with E-state index in [2.05, 4.69) is 0 Å². The van der Waals surface area contributed by atoms with Gasteiger partial charge in [-0.05, 0) is 31.5 Å². The van der Waals surface area contributed by atoms with E-state index >= 15 is 0 Å². The molecule has 0 spiro atoms. The summed E-state index contributed by atoms with van der Waals surface area (Å²) in [5, 5.41) is 8.96. The van der Waals surface area contributed by atoms with Crippen molar-refractivity contribution in [2.45, 2.75) is 20.4 Å². The number of thiazole rings is 1. The number of carboxylic acids is 1. The largest absolute Gasteiger partial charge is 0.492 e. The molecule has 0 amide bonds. The predicted octanol–water partition coefficient (Wildman–Crippen LogP) is 2.30. The summed E-state index contributed by atoms with van der Waals surface area (Å²) < 4.78 is 7.00. The van der Waals surface area contributed by atoms with E-state index in [-0.39, 0.29) is 9.75 Å². The van der Waals surface area contributed by atoms with Gasteiger partial charge in [0.15, 0.2) is 0 Å². The standard InChI is InChI=1S/C14H15NO4S/c1-9-4-3-5-11(8-9)19-7-6-15-10(2)12(13(16)17)20-14(15)18/h3-5,8H,6-7H2,1-2H3,(H,16,17). The Labute approximate surface area is 120 Å². The fourth-order valence-electron chi connectivity index (χ4n) is 1.89. The van der Waals surface area contributed by atoms with Crippen LogP contribution in [0.15, 0.2) is 29.1 Å². The van der Waals surface area contributed by atoms with E-state index in [9.17, 15) is 9.59 Å². The number of aryl methyl sites for hydroxylation is 1. The molecule has 0 fully saturated rings. The Morgan fingerprint density at radius 1 is 1.40 bits per heavy atom. The van der Waals surface area contributed by atoms with E-state index in [0.717, 1.165) is 22.6 Å². The molecule has 1 aromatic heterocycles. The van der Waals surface area contributed by atoms with E-state index in [1.54, 1.807) is 6.92 Å². The number of carboxylic acid groups (broad SMARTS) is 1. The fraction of sp³-hybridized carbons (Fsp3) is 0.286. The smallest absolute Gasteiger partial charge is 0.347 e. The first-order valence-corrected chi connectivity index (χ1v) is 6.93. The third-order valence-electron chi connectivity index (χ3n) is 2.91. The monoisotopic (exact) mass is 293 g/mol. The highest BCUT2D eigenvalue weighted by molar-refractivity contribution is 7.11. The molecule has 0 atom stereocenters. The van der Waals surface area contributed by atoms with Gasteiger partial charge in [-0.15, -0.1) is 0 Å². The normalized spacial score (nSPS) is 10.5. The van der Waals surface area contributed by atoms with E-state index < -0.39 is 5.97 Å². The molecule has 6 heteroatoms. The molecule has 0 saturated heterocycles. The number of rotatable bonds is 5. The third-order valence-corrected chi connectivity index (χ3v) is 3.98. The van der Waals surface area contributed by atoms with Crippen molar-refractivity contribution in [3.05, 3.63) is 50.1 Å². The molecule has 0 saturated carbocycles. The van der Waals surface area contributed by atoms with Crippen molar-refractivity contribution in [2.24, 2.45) is 0 Å². The van der Waals surface area contributed by atoms with Crippen molar-refractivity contribution in [2.75, 3.05) is 6.61 Å². The number of hydrogen-bond donors (Lipinski definition) is 1. The van der Waals surface area contributed by atoms with Crippen molar-refractivity contribution in [3.8, 4) is 5.75 Å². The van der Waals surface area contributed by atoms with Gasteiger partial charge in [-0.25, -0.2) is 4.79 Å². The number of ether oxygens (including phenoxy) is 1. The molecule has 0 aliphatic carbocycles. The number of aromatic carboxylic acids is 1. The number of aromatic nitrogens is 1. The van der Waals surface area contributed by atoms with Crippen LogP contribution >= 0.6 is 11.3 Å². The Morgan fingerprint density at radius 3 is 2.75 bits per heavy atom. The molecule has 0 aliphatic rings. The van der Waals surface area contributed by atoms with Crippen molar-refractivity contribution >= 4 is 17.3 Å². The van der Waals surface area contributed by atoms with E-state index in [4.69, 9.17) is 9.84 Å². The summed E-state index contributed by atoms with van der Waals surface area (Å²) in [5.41, 5.74) is 1.57. The molecule has 1 heterocycles. The quantitative estimate of drug-likeness (QED) is 0.918. The molecule has 0 bridgehead atoms. The average molecular weight is 293 g/mol. The van der Waals surface area contributed by atoms with Crippen molar-refractivity contribution in [1.82, 2.24) is 4.57 Å². The summed E-state index contributed by atoms with van der Waals surface area (Å²) in [6.07, 6.45) is 0. The van der Waals surface area contributed by atoms with Gasteiger partial charge in [0.05, 0.1) is 6.54 Å². The van der Waals surface area contributed by atoms with Gasteiger partial charge in [-0.3, -0.25) is 9.36 Å². The maximum atomic E-state index is 11.7. The lowest BCUT2D eigenvalue weighted by Gasteiger charge is -2.08. The zero-order valence-corrected chi connectivity index (χ0v) is 12.1. The number of carbonyl (C=O) groups is 1. The number of benzene rings is 1. The summed E-state index contributed by atoms with van der Waals surface area (Å²) in [6.45, 7) is 4.26. The molecule has 1 aromatic carbocycles. The minimum Gasteiger partial charge on any atom is -0.492 e. The van der Waals surface area contributed by atoms with Crippen LogP contribution in [0.3, 0.4) is 0 Å². The van der Waals surface area contributed by atoms with Crippen LogP contribution < -0.4 is 9.61 Å². The van der Waals surface area contributed by atoms with E-state index in [0.29, 0.717) is 18.8 Å². The first kappa shape index (κ1) is 14.3. The fourth-order valence-corrected chi connectivity index (χ4v) is 2.75.